The Labute approximate surface area is 125 Å². The summed E-state index contributed by atoms with van der Waals surface area (Å²) in [5.74, 6) is -1.50. The lowest BCUT2D eigenvalue weighted by Crippen LogP contribution is -2.29. The molecule has 21 heavy (non-hydrogen) atoms. The van der Waals surface area contributed by atoms with Gasteiger partial charge in [-0.3, -0.25) is 4.79 Å². The molecule has 0 saturated heterocycles. The zero-order valence-electron chi connectivity index (χ0n) is 12.2. The monoisotopic (exact) mass is 312 g/mol. The Bertz CT molecular complexity index is 608. The first-order valence-electron chi connectivity index (χ1n) is 6.90. The third-order valence-corrected chi connectivity index (χ3v) is 5.42. The molecule has 0 N–H and O–H groups in total. The fourth-order valence-electron chi connectivity index (χ4n) is 2.56. The molecule has 1 aliphatic heterocycles. The molecule has 0 aliphatic carbocycles. The molecule has 0 bridgehead atoms. The number of ether oxygens (including phenoxy) is 2. The normalized spacial score (nSPS) is 19.6. The number of hydrogen-bond donors (Lipinski definition) is 0. The second-order valence-corrected chi connectivity index (χ2v) is 7.46. The second kappa shape index (κ2) is 6.58. The van der Waals surface area contributed by atoms with Crippen molar-refractivity contribution in [3.63, 3.8) is 0 Å². The third-order valence-electron chi connectivity index (χ3n) is 3.61. The summed E-state index contributed by atoms with van der Waals surface area (Å²) in [5, 5.41) is 0. The van der Waals surface area contributed by atoms with Gasteiger partial charge >= 0.3 is 5.97 Å². The molecule has 2 rings (SSSR count). The molecule has 0 fully saturated rings. The first-order valence-corrected chi connectivity index (χ1v) is 8.73. The summed E-state index contributed by atoms with van der Waals surface area (Å²) < 4.78 is 34.7. The van der Waals surface area contributed by atoms with Gasteiger partial charge in [-0.15, -0.1) is 0 Å². The van der Waals surface area contributed by atoms with Crippen molar-refractivity contribution in [1.82, 2.24) is 0 Å². The summed E-state index contributed by atoms with van der Waals surface area (Å²) in [7, 11) is -2.15. The Hall–Kier alpha value is -1.40. The van der Waals surface area contributed by atoms with Gasteiger partial charge in [0.2, 0.25) is 0 Å². The van der Waals surface area contributed by atoms with Crippen LogP contribution in [0.15, 0.2) is 24.3 Å². The highest BCUT2D eigenvalue weighted by Gasteiger charge is 2.29. The van der Waals surface area contributed by atoms with E-state index in [1.165, 1.54) is 7.11 Å². The molecule has 1 aromatic rings. The van der Waals surface area contributed by atoms with E-state index in [9.17, 15) is 13.2 Å². The number of hydrogen-bond acceptors (Lipinski definition) is 5. The van der Waals surface area contributed by atoms with E-state index in [0.717, 1.165) is 17.5 Å². The SMILES string of the molecule is COC(=O)C(C)CS(=O)(=O)CC1OCCc2ccccc21. The fraction of sp³-hybridized carbons (Fsp3) is 0.533. The maximum atomic E-state index is 12.3. The number of rotatable bonds is 5. The molecule has 0 amide bonds. The van der Waals surface area contributed by atoms with Crippen LogP contribution in [-0.2, 0) is 30.5 Å². The number of carbonyl (C=O) groups is 1. The maximum absolute atomic E-state index is 12.3. The molecule has 1 aromatic carbocycles. The summed E-state index contributed by atoms with van der Waals surface area (Å²) in [6.07, 6.45) is 0.343. The molecule has 6 heteroatoms. The molecular formula is C15H20O5S. The van der Waals surface area contributed by atoms with E-state index in [2.05, 4.69) is 4.74 Å². The van der Waals surface area contributed by atoms with Crippen molar-refractivity contribution < 1.29 is 22.7 Å². The van der Waals surface area contributed by atoms with E-state index < -0.39 is 27.8 Å². The van der Waals surface area contributed by atoms with Crippen molar-refractivity contribution in [3.8, 4) is 0 Å². The Morgan fingerprint density at radius 1 is 1.43 bits per heavy atom. The highest BCUT2D eigenvalue weighted by atomic mass is 32.2. The van der Waals surface area contributed by atoms with Crippen LogP contribution < -0.4 is 0 Å². The number of methoxy groups -OCH3 is 1. The van der Waals surface area contributed by atoms with Gasteiger partial charge in [-0.1, -0.05) is 31.2 Å². The van der Waals surface area contributed by atoms with Crippen molar-refractivity contribution in [3.05, 3.63) is 35.4 Å². The zero-order valence-corrected chi connectivity index (χ0v) is 13.1. The Balaban J connectivity index is 2.10. The van der Waals surface area contributed by atoms with Crippen LogP contribution >= 0.6 is 0 Å². The molecular weight excluding hydrogens is 292 g/mol. The molecule has 0 saturated carbocycles. The number of carbonyl (C=O) groups excluding carboxylic acids is 1. The molecule has 5 nitrogen and oxygen atoms in total. The summed E-state index contributed by atoms with van der Waals surface area (Å²) in [5.41, 5.74) is 2.06. The van der Waals surface area contributed by atoms with Crippen molar-refractivity contribution in [2.45, 2.75) is 19.4 Å². The van der Waals surface area contributed by atoms with Gasteiger partial charge in [0.05, 0.1) is 37.2 Å². The van der Waals surface area contributed by atoms with Gasteiger partial charge in [-0.05, 0) is 17.5 Å². The predicted molar refractivity (Wildman–Crippen MR) is 78.7 cm³/mol. The van der Waals surface area contributed by atoms with Crippen LogP contribution in [0.5, 0.6) is 0 Å². The minimum absolute atomic E-state index is 0.106. The third kappa shape index (κ3) is 4.04. The summed E-state index contributed by atoms with van der Waals surface area (Å²) in [4.78, 5) is 11.4. The molecule has 0 spiro atoms. The van der Waals surface area contributed by atoms with E-state index in [4.69, 9.17) is 4.74 Å². The molecule has 0 radical (unpaired) electrons. The van der Waals surface area contributed by atoms with Gasteiger partial charge in [-0.2, -0.15) is 0 Å². The smallest absolute Gasteiger partial charge is 0.309 e. The number of benzene rings is 1. The van der Waals surface area contributed by atoms with Crippen LogP contribution in [0.1, 0.15) is 24.2 Å². The molecule has 2 atom stereocenters. The van der Waals surface area contributed by atoms with E-state index in [-0.39, 0.29) is 11.5 Å². The molecule has 116 valence electrons. The van der Waals surface area contributed by atoms with Crippen LogP contribution in [0.4, 0.5) is 0 Å². The average Bonchev–Trinajstić information content (AvgIpc) is 2.46. The number of esters is 1. The maximum Gasteiger partial charge on any atom is 0.309 e. The van der Waals surface area contributed by atoms with Gasteiger partial charge in [0.1, 0.15) is 0 Å². The van der Waals surface area contributed by atoms with Crippen LogP contribution in [0.3, 0.4) is 0 Å². The van der Waals surface area contributed by atoms with Crippen molar-refractivity contribution in [1.29, 1.82) is 0 Å². The van der Waals surface area contributed by atoms with Gasteiger partial charge in [0.15, 0.2) is 9.84 Å². The Morgan fingerprint density at radius 2 is 2.14 bits per heavy atom. The van der Waals surface area contributed by atoms with Crippen LogP contribution in [0, 0.1) is 5.92 Å². The first kappa shape index (κ1) is 16.0. The first-order chi connectivity index (χ1) is 9.93. The minimum Gasteiger partial charge on any atom is -0.469 e. The van der Waals surface area contributed by atoms with Gasteiger partial charge < -0.3 is 9.47 Å². The summed E-state index contributed by atoms with van der Waals surface area (Å²) >= 11 is 0. The number of sulfone groups is 1. The summed E-state index contributed by atoms with van der Waals surface area (Å²) in [6.45, 7) is 2.07. The van der Waals surface area contributed by atoms with Gasteiger partial charge in [0, 0.05) is 0 Å². The van der Waals surface area contributed by atoms with Crippen molar-refractivity contribution >= 4 is 15.8 Å². The van der Waals surface area contributed by atoms with Crippen molar-refractivity contribution in [2.75, 3.05) is 25.2 Å². The highest BCUT2D eigenvalue weighted by molar-refractivity contribution is 7.91. The van der Waals surface area contributed by atoms with E-state index in [0.29, 0.717) is 6.61 Å². The second-order valence-electron chi connectivity index (χ2n) is 5.31. The minimum atomic E-state index is -3.40. The number of fused-ring (bicyclic) bond motifs is 1. The van der Waals surface area contributed by atoms with Crippen molar-refractivity contribution in [2.24, 2.45) is 5.92 Å². The lowest BCUT2D eigenvalue weighted by atomic mass is 9.99. The average molecular weight is 312 g/mol. The van der Waals surface area contributed by atoms with E-state index >= 15 is 0 Å². The fourth-order valence-corrected chi connectivity index (χ4v) is 4.33. The lowest BCUT2D eigenvalue weighted by Gasteiger charge is -2.26. The Morgan fingerprint density at radius 3 is 2.86 bits per heavy atom. The Kier molecular flexibility index (Phi) is 5.00. The lowest BCUT2D eigenvalue weighted by molar-refractivity contribution is -0.144. The highest BCUT2D eigenvalue weighted by Crippen LogP contribution is 2.28. The van der Waals surface area contributed by atoms with Crippen LogP contribution in [-0.4, -0.2) is 39.6 Å². The van der Waals surface area contributed by atoms with Crippen LogP contribution in [0.25, 0.3) is 0 Å². The predicted octanol–water partition coefficient (Wildman–Crippen LogP) is 1.52. The standard InChI is InChI=1S/C15H20O5S/c1-11(15(16)19-2)9-21(17,18)10-14-13-6-4-3-5-12(13)7-8-20-14/h3-6,11,14H,7-10H2,1-2H3. The quantitative estimate of drug-likeness (QED) is 0.771. The van der Waals surface area contributed by atoms with E-state index in [1.54, 1.807) is 6.92 Å². The zero-order chi connectivity index (χ0) is 15.5. The topological polar surface area (TPSA) is 69.7 Å². The molecule has 1 aliphatic rings. The van der Waals surface area contributed by atoms with E-state index in [1.807, 2.05) is 24.3 Å². The van der Waals surface area contributed by atoms with Gasteiger partial charge in [-0.25, -0.2) is 8.42 Å². The largest absolute Gasteiger partial charge is 0.469 e. The molecule has 0 aromatic heterocycles. The van der Waals surface area contributed by atoms with Gasteiger partial charge in [0.25, 0.3) is 0 Å². The molecule has 1 heterocycles. The summed E-state index contributed by atoms with van der Waals surface area (Å²) in [6, 6.07) is 7.71. The molecule has 2 unspecified atom stereocenters. The van der Waals surface area contributed by atoms with Crippen LogP contribution in [0.2, 0.25) is 0 Å².